The Kier molecular flexibility index (Phi) is 2.93. The Morgan fingerprint density at radius 2 is 1.68 bits per heavy atom. The number of aromatic nitrogens is 2. The van der Waals surface area contributed by atoms with Gasteiger partial charge in [0.1, 0.15) is 11.9 Å². The van der Waals surface area contributed by atoms with Crippen LogP contribution in [0, 0.1) is 5.82 Å². The second-order valence-electron chi connectivity index (χ2n) is 4.23. The van der Waals surface area contributed by atoms with Crippen molar-refractivity contribution in [1.29, 1.82) is 0 Å². The zero-order valence-electron chi connectivity index (χ0n) is 9.99. The van der Waals surface area contributed by atoms with E-state index in [4.69, 9.17) is 0 Å². The van der Waals surface area contributed by atoms with E-state index in [2.05, 4.69) is 9.97 Å². The maximum Gasteiger partial charge on any atom is 0.123 e. The minimum atomic E-state index is -0.846. The Balaban J connectivity index is 2.11. The quantitative estimate of drug-likeness (QED) is 0.764. The van der Waals surface area contributed by atoms with E-state index < -0.39 is 6.10 Å². The van der Waals surface area contributed by atoms with Gasteiger partial charge in [-0.15, -0.1) is 0 Å². The molecule has 0 radical (unpaired) electrons. The van der Waals surface area contributed by atoms with Gasteiger partial charge in [-0.25, -0.2) is 4.39 Å². The number of halogens is 1. The Morgan fingerprint density at radius 3 is 2.47 bits per heavy atom. The van der Waals surface area contributed by atoms with Gasteiger partial charge in [-0.1, -0.05) is 24.3 Å². The molecular formula is C15H11FN2O. The summed E-state index contributed by atoms with van der Waals surface area (Å²) in [6.07, 6.45) is 2.35. The third-order valence-corrected chi connectivity index (χ3v) is 3.01. The van der Waals surface area contributed by atoms with Crippen LogP contribution in [0.5, 0.6) is 0 Å². The Hall–Kier alpha value is -2.33. The molecule has 1 atom stereocenters. The molecule has 0 aliphatic heterocycles. The van der Waals surface area contributed by atoms with Gasteiger partial charge in [0.2, 0.25) is 0 Å². The third-order valence-electron chi connectivity index (χ3n) is 3.01. The molecule has 1 unspecified atom stereocenters. The molecule has 1 heterocycles. The molecule has 3 rings (SSSR count). The maximum absolute atomic E-state index is 12.9. The molecule has 0 fully saturated rings. The molecule has 1 N–H and O–H groups in total. The number of para-hydroxylation sites is 1. The molecule has 3 nitrogen and oxygen atoms in total. The highest BCUT2D eigenvalue weighted by molar-refractivity contribution is 5.78. The van der Waals surface area contributed by atoms with Gasteiger partial charge < -0.3 is 5.11 Å². The molecule has 0 aliphatic carbocycles. The zero-order valence-corrected chi connectivity index (χ0v) is 9.99. The highest BCUT2D eigenvalue weighted by Crippen LogP contribution is 2.26. The van der Waals surface area contributed by atoms with Crippen LogP contribution in [0.4, 0.5) is 4.39 Å². The fourth-order valence-corrected chi connectivity index (χ4v) is 2.06. The predicted octanol–water partition coefficient (Wildman–Crippen LogP) is 2.85. The van der Waals surface area contributed by atoms with Crippen molar-refractivity contribution in [2.75, 3.05) is 0 Å². The van der Waals surface area contributed by atoms with E-state index in [9.17, 15) is 9.50 Å². The van der Waals surface area contributed by atoms with Gasteiger partial charge in [0, 0.05) is 18.0 Å². The van der Waals surface area contributed by atoms with Crippen LogP contribution in [0.1, 0.15) is 17.2 Å². The van der Waals surface area contributed by atoms with E-state index in [-0.39, 0.29) is 5.82 Å². The molecule has 0 spiro atoms. The van der Waals surface area contributed by atoms with E-state index in [1.54, 1.807) is 30.6 Å². The fourth-order valence-electron chi connectivity index (χ4n) is 2.06. The SMILES string of the molecule is OC(c1ccc(F)cc1)c1cccc2nccnc12. The smallest absolute Gasteiger partial charge is 0.123 e. The first-order chi connectivity index (χ1) is 9.25. The van der Waals surface area contributed by atoms with Crippen LogP contribution in [0.3, 0.4) is 0 Å². The van der Waals surface area contributed by atoms with Crippen molar-refractivity contribution in [3.63, 3.8) is 0 Å². The molecule has 2 aromatic carbocycles. The standard InChI is InChI=1S/C15H11FN2O/c16-11-6-4-10(5-7-11)15(19)12-2-1-3-13-14(12)18-9-8-17-13/h1-9,15,19H. The lowest BCUT2D eigenvalue weighted by molar-refractivity contribution is 0.221. The van der Waals surface area contributed by atoms with E-state index in [0.29, 0.717) is 16.6 Å². The van der Waals surface area contributed by atoms with Crippen LogP contribution in [-0.4, -0.2) is 15.1 Å². The molecule has 0 amide bonds. The predicted molar refractivity (Wildman–Crippen MR) is 70.0 cm³/mol. The van der Waals surface area contributed by atoms with E-state index >= 15 is 0 Å². The van der Waals surface area contributed by atoms with E-state index in [1.807, 2.05) is 12.1 Å². The molecule has 0 saturated carbocycles. The molecule has 0 aliphatic rings. The van der Waals surface area contributed by atoms with Gasteiger partial charge in [-0.2, -0.15) is 0 Å². The summed E-state index contributed by atoms with van der Waals surface area (Å²) in [6.45, 7) is 0. The topological polar surface area (TPSA) is 46.0 Å². The number of nitrogens with zero attached hydrogens (tertiary/aromatic N) is 2. The zero-order chi connectivity index (χ0) is 13.2. The summed E-state index contributed by atoms with van der Waals surface area (Å²) in [5, 5.41) is 10.4. The number of hydrogen-bond acceptors (Lipinski definition) is 3. The lowest BCUT2D eigenvalue weighted by Gasteiger charge is -2.13. The molecular weight excluding hydrogens is 243 g/mol. The normalized spacial score (nSPS) is 12.5. The second kappa shape index (κ2) is 4.74. The summed E-state index contributed by atoms with van der Waals surface area (Å²) in [6, 6.07) is 11.2. The number of fused-ring (bicyclic) bond motifs is 1. The Bertz CT molecular complexity index is 707. The molecule has 94 valence electrons. The largest absolute Gasteiger partial charge is 0.384 e. The van der Waals surface area contributed by atoms with Crippen LogP contribution in [0.2, 0.25) is 0 Å². The first-order valence-corrected chi connectivity index (χ1v) is 5.89. The summed E-state index contributed by atoms with van der Waals surface area (Å²) in [7, 11) is 0. The van der Waals surface area contributed by atoms with Crippen LogP contribution >= 0.6 is 0 Å². The molecule has 0 bridgehead atoms. The average Bonchev–Trinajstić information content (AvgIpc) is 2.47. The first-order valence-electron chi connectivity index (χ1n) is 5.89. The third kappa shape index (κ3) is 2.18. The van der Waals surface area contributed by atoms with Gasteiger partial charge in [0.25, 0.3) is 0 Å². The average molecular weight is 254 g/mol. The number of benzene rings is 2. The van der Waals surface area contributed by atoms with Gasteiger partial charge in [0.15, 0.2) is 0 Å². The Morgan fingerprint density at radius 1 is 0.947 bits per heavy atom. The van der Waals surface area contributed by atoms with Crippen molar-refractivity contribution in [3.05, 3.63) is 71.8 Å². The van der Waals surface area contributed by atoms with E-state index in [1.165, 1.54) is 12.1 Å². The first kappa shape index (κ1) is 11.7. The summed E-state index contributed by atoms with van der Waals surface area (Å²) in [5.41, 5.74) is 2.67. The number of aliphatic hydroxyl groups excluding tert-OH is 1. The van der Waals surface area contributed by atoms with Crippen LogP contribution in [0.25, 0.3) is 11.0 Å². The lowest BCUT2D eigenvalue weighted by atomic mass is 10.00. The van der Waals surface area contributed by atoms with Crippen molar-refractivity contribution in [1.82, 2.24) is 9.97 Å². The maximum atomic E-state index is 12.9. The van der Waals surface area contributed by atoms with Crippen molar-refractivity contribution < 1.29 is 9.50 Å². The highest BCUT2D eigenvalue weighted by Gasteiger charge is 2.14. The second-order valence-corrected chi connectivity index (χ2v) is 4.23. The van der Waals surface area contributed by atoms with Crippen LogP contribution in [0.15, 0.2) is 54.9 Å². The molecule has 4 heteroatoms. The summed E-state index contributed by atoms with van der Waals surface area (Å²) >= 11 is 0. The van der Waals surface area contributed by atoms with Crippen molar-refractivity contribution in [2.24, 2.45) is 0 Å². The van der Waals surface area contributed by atoms with Gasteiger partial charge in [-0.3, -0.25) is 9.97 Å². The lowest BCUT2D eigenvalue weighted by Crippen LogP contribution is -2.02. The number of hydrogen-bond donors (Lipinski definition) is 1. The van der Waals surface area contributed by atoms with Crippen LogP contribution < -0.4 is 0 Å². The van der Waals surface area contributed by atoms with Crippen molar-refractivity contribution >= 4 is 11.0 Å². The number of aliphatic hydroxyl groups is 1. The molecule has 0 saturated heterocycles. The van der Waals surface area contributed by atoms with Gasteiger partial charge in [-0.05, 0) is 23.8 Å². The molecule has 3 aromatic rings. The van der Waals surface area contributed by atoms with Crippen molar-refractivity contribution in [2.45, 2.75) is 6.10 Å². The Labute approximate surface area is 109 Å². The minimum Gasteiger partial charge on any atom is -0.384 e. The van der Waals surface area contributed by atoms with E-state index in [0.717, 1.165) is 5.52 Å². The van der Waals surface area contributed by atoms with Gasteiger partial charge in [0.05, 0.1) is 11.0 Å². The van der Waals surface area contributed by atoms with Gasteiger partial charge >= 0.3 is 0 Å². The number of rotatable bonds is 2. The summed E-state index contributed by atoms with van der Waals surface area (Å²) in [5.74, 6) is -0.325. The minimum absolute atomic E-state index is 0.325. The summed E-state index contributed by atoms with van der Waals surface area (Å²) in [4.78, 5) is 8.45. The van der Waals surface area contributed by atoms with Crippen LogP contribution in [-0.2, 0) is 0 Å². The monoisotopic (exact) mass is 254 g/mol. The van der Waals surface area contributed by atoms with Crippen molar-refractivity contribution in [3.8, 4) is 0 Å². The highest BCUT2D eigenvalue weighted by atomic mass is 19.1. The molecule has 1 aromatic heterocycles. The summed E-state index contributed by atoms with van der Waals surface area (Å²) < 4.78 is 12.9. The molecule has 19 heavy (non-hydrogen) atoms. The fraction of sp³-hybridized carbons (Fsp3) is 0.0667.